The van der Waals surface area contributed by atoms with Crippen LogP contribution in [0.25, 0.3) is 11.3 Å². The molecule has 0 unspecified atom stereocenters. The number of nitrogens with zero attached hydrogens (tertiary/aromatic N) is 2. The largest absolute Gasteiger partial charge is 0.507 e. The van der Waals surface area contributed by atoms with Crippen molar-refractivity contribution in [2.75, 3.05) is 18.9 Å². The Bertz CT molecular complexity index is 2040. The number of pyridine rings is 1. The molecule has 1 aliphatic heterocycles. The van der Waals surface area contributed by atoms with E-state index in [-0.39, 0.29) is 29.3 Å². The normalized spacial score (nSPS) is 15.7. The van der Waals surface area contributed by atoms with Crippen LogP contribution in [0, 0.1) is 5.82 Å². The quantitative estimate of drug-likeness (QED) is 0.120. The van der Waals surface area contributed by atoms with Crippen LogP contribution in [0.1, 0.15) is 69.3 Å². The van der Waals surface area contributed by atoms with E-state index in [0.29, 0.717) is 34.5 Å². The lowest BCUT2D eigenvalue weighted by Crippen LogP contribution is -2.58. The van der Waals surface area contributed by atoms with Crippen LogP contribution in [0.3, 0.4) is 0 Å². The number of hydrogen-bond acceptors (Lipinski definition) is 5. The molecular formula is C39H36F3N5O3. The SMILES string of the molecule is CN1C(=O)c2c([nH]c(-c3ccnc(C(F)(F)C[C@@H](CNC(=O)c4ccccc4O)c4ccc(F)cc4)c3)c2Nc2ccccc2)CC12CCC2. The number of carbonyl (C=O) groups is 2. The first-order chi connectivity index (χ1) is 24.0. The zero-order valence-electron chi connectivity index (χ0n) is 27.3. The van der Waals surface area contributed by atoms with Crippen LogP contribution in [0.4, 0.5) is 24.5 Å². The first-order valence-electron chi connectivity index (χ1n) is 16.6. The predicted octanol–water partition coefficient (Wildman–Crippen LogP) is 7.91. The van der Waals surface area contributed by atoms with E-state index in [1.165, 1.54) is 48.7 Å². The second-order valence-electron chi connectivity index (χ2n) is 13.2. The van der Waals surface area contributed by atoms with E-state index < -0.39 is 35.7 Å². The number of nitrogens with one attached hydrogen (secondary N) is 3. The molecule has 0 radical (unpaired) electrons. The Morgan fingerprint density at radius 2 is 1.76 bits per heavy atom. The molecule has 7 rings (SSSR count). The number of fused-ring (bicyclic) bond motifs is 1. The number of rotatable bonds is 10. The molecule has 4 N–H and O–H groups in total. The summed E-state index contributed by atoms with van der Waals surface area (Å²) in [7, 11) is 1.83. The molecule has 1 fully saturated rings. The van der Waals surface area contributed by atoms with Crippen LogP contribution in [0.5, 0.6) is 5.75 Å². The molecule has 2 aliphatic rings. The number of aromatic amines is 1. The average Bonchev–Trinajstić information content (AvgIpc) is 3.46. The van der Waals surface area contributed by atoms with E-state index in [2.05, 4.69) is 20.6 Å². The van der Waals surface area contributed by atoms with Crippen LogP contribution >= 0.6 is 0 Å². The number of phenolic OH excluding ortho intramolecular Hbond substituents is 1. The number of phenols is 1. The number of para-hydroxylation sites is 2. The molecule has 1 atom stereocenters. The first kappa shape index (κ1) is 32.9. The summed E-state index contributed by atoms with van der Waals surface area (Å²) in [6, 6.07) is 23.4. The zero-order chi connectivity index (χ0) is 35.0. The highest BCUT2D eigenvalue weighted by Crippen LogP contribution is 2.48. The van der Waals surface area contributed by atoms with Gasteiger partial charge in [-0.15, -0.1) is 0 Å². The van der Waals surface area contributed by atoms with Crippen LogP contribution in [0.2, 0.25) is 0 Å². The first-order valence-corrected chi connectivity index (χ1v) is 16.6. The summed E-state index contributed by atoms with van der Waals surface area (Å²) in [4.78, 5) is 36.1. The summed E-state index contributed by atoms with van der Waals surface area (Å²) in [6.07, 6.45) is 4.04. The second kappa shape index (κ2) is 13.0. The third-order valence-corrected chi connectivity index (χ3v) is 10.1. The zero-order valence-corrected chi connectivity index (χ0v) is 27.3. The summed E-state index contributed by atoms with van der Waals surface area (Å²) in [5, 5.41) is 16.1. The highest BCUT2D eigenvalue weighted by Gasteiger charge is 2.49. The predicted molar refractivity (Wildman–Crippen MR) is 184 cm³/mol. The number of aromatic nitrogens is 2. The van der Waals surface area contributed by atoms with Crippen LogP contribution in [-0.4, -0.2) is 50.9 Å². The smallest absolute Gasteiger partial charge is 0.290 e. The van der Waals surface area contributed by atoms with Crippen molar-refractivity contribution in [3.8, 4) is 17.0 Å². The molecule has 3 aromatic carbocycles. The highest BCUT2D eigenvalue weighted by molar-refractivity contribution is 6.06. The van der Waals surface area contributed by atoms with Gasteiger partial charge in [0.15, 0.2) is 0 Å². The molecule has 0 saturated heterocycles. The van der Waals surface area contributed by atoms with E-state index in [1.807, 2.05) is 42.3 Å². The van der Waals surface area contributed by atoms with Gasteiger partial charge in [0.25, 0.3) is 17.7 Å². The monoisotopic (exact) mass is 679 g/mol. The van der Waals surface area contributed by atoms with Crippen molar-refractivity contribution in [3.05, 3.63) is 131 Å². The van der Waals surface area contributed by atoms with Crippen molar-refractivity contribution in [2.24, 2.45) is 0 Å². The maximum atomic E-state index is 16.3. The third kappa shape index (κ3) is 6.19. The molecule has 50 heavy (non-hydrogen) atoms. The van der Waals surface area contributed by atoms with E-state index in [1.54, 1.807) is 18.2 Å². The summed E-state index contributed by atoms with van der Waals surface area (Å²) < 4.78 is 46.5. The number of halogens is 3. The summed E-state index contributed by atoms with van der Waals surface area (Å²) >= 11 is 0. The number of likely N-dealkylation sites (N-methyl/N-ethyl adjacent to an activating group) is 1. The van der Waals surface area contributed by atoms with Gasteiger partial charge in [-0.25, -0.2) is 4.39 Å². The third-order valence-electron chi connectivity index (χ3n) is 10.1. The van der Waals surface area contributed by atoms with E-state index >= 15 is 8.78 Å². The van der Waals surface area contributed by atoms with Gasteiger partial charge in [-0.2, -0.15) is 8.78 Å². The standard InChI is InChI=1S/C39H36F3N5O3/c1-47-37(50)33-30(22-38(47)17-7-18-38)46-34(35(33)45-28-8-3-2-4-9-28)25-16-19-43-32(20-25)39(41,42)21-26(24-12-14-27(40)15-13-24)23-44-36(49)29-10-5-6-11-31(29)48/h2-6,8-16,19-20,26,45-46,48H,7,17-18,21-23H2,1H3,(H,44,49)/t26-/m0/s1. The maximum absolute atomic E-state index is 16.3. The van der Waals surface area contributed by atoms with Gasteiger partial charge < -0.3 is 25.6 Å². The number of aromatic hydroxyl groups is 1. The minimum absolute atomic E-state index is 0.00736. The highest BCUT2D eigenvalue weighted by atomic mass is 19.3. The Morgan fingerprint density at radius 3 is 2.46 bits per heavy atom. The molecule has 2 aromatic heterocycles. The maximum Gasteiger partial charge on any atom is 0.290 e. The van der Waals surface area contributed by atoms with Gasteiger partial charge in [-0.1, -0.05) is 42.5 Å². The summed E-state index contributed by atoms with van der Waals surface area (Å²) in [5.74, 6) is -5.94. The van der Waals surface area contributed by atoms with E-state index in [0.717, 1.165) is 30.6 Å². The molecule has 8 nitrogen and oxygen atoms in total. The van der Waals surface area contributed by atoms with E-state index in [9.17, 15) is 19.1 Å². The van der Waals surface area contributed by atoms with Crippen molar-refractivity contribution < 1.29 is 27.9 Å². The van der Waals surface area contributed by atoms with Crippen molar-refractivity contribution in [1.82, 2.24) is 20.2 Å². The fourth-order valence-electron chi connectivity index (χ4n) is 7.08. The van der Waals surface area contributed by atoms with Gasteiger partial charge in [-0.3, -0.25) is 14.6 Å². The van der Waals surface area contributed by atoms with Gasteiger partial charge >= 0.3 is 0 Å². The minimum Gasteiger partial charge on any atom is -0.507 e. The van der Waals surface area contributed by atoms with Crippen molar-refractivity contribution in [2.45, 2.75) is 49.5 Å². The van der Waals surface area contributed by atoms with Gasteiger partial charge in [0.2, 0.25) is 0 Å². The number of anilines is 2. The number of hydrogen-bond donors (Lipinski definition) is 4. The Labute approximate surface area is 287 Å². The summed E-state index contributed by atoms with van der Waals surface area (Å²) in [5.41, 5.74) is 3.09. The van der Waals surface area contributed by atoms with Gasteiger partial charge in [-0.05, 0) is 73.4 Å². The Morgan fingerprint density at radius 1 is 1.04 bits per heavy atom. The second-order valence-corrected chi connectivity index (χ2v) is 13.2. The number of benzene rings is 3. The molecule has 1 spiro atoms. The number of carbonyl (C=O) groups excluding carboxylic acids is 2. The molecule has 256 valence electrons. The molecule has 3 heterocycles. The minimum atomic E-state index is -3.49. The van der Waals surface area contributed by atoms with Crippen LogP contribution < -0.4 is 10.6 Å². The van der Waals surface area contributed by atoms with Gasteiger partial charge in [0.1, 0.15) is 17.3 Å². The fraction of sp³-hybridized carbons (Fsp3) is 0.256. The molecular weight excluding hydrogens is 643 g/mol. The molecule has 5 aromatic rings. The lowest BCUT2D eigenvalue weighted by Gasteiger charge is -2.51. The lowest BCUT2D eigenvalue weighted by atomic mass is 9.70. The van der Waals surface area contributed by atoms with E-state index in [4.69, 9.17) is 0 Å². The van der Waals surface area contributed by atoms with Crippen LogP contribution in [0.15, 0.2) is 97.2 Å². The number of alkyl halides is 2. The van der Waals surface area contributed by atoms with Crippen molar-refractivity contribution >= 4 is 23.2 Å². The molecule has 11 heteroatoms. The number of H-pyrrole nitrogens is 1. The molecule has 1 saturated carbocycles. The fourth-order valence-corrected chi connectivity index (χ4v) is 7.08. The van der Waals surface area contributed by atoms with Crippen LogP contribution in [-0.2, 0) is 12.3 Å². The Balaban J connectivity index is 1.22. The van der Waals surface area contributed by atoms with Gasteiger partial charge in [0, 0.05) is 61.0 Å². The van der Waals surface area contributed by atoms with Crippen molar-refractivity contribution in [1.29, 1.82) is 0 Å². The molecule has 1 aliphatic carbocycles. The molecule has 2 amide bonds. The Kier molecular flexibility index (Phi) is 8.59. The Hall–Kier alpha value is -5.58. The summed E-state index contributed by atoms with van der Waals surface area (Å²) in [6.45, 7) is -0.208. The molecule has 0 bridgehead atoms. The lowest BCUT2D eigenvalue weighted by molar-refractivity contribution is -0.0245. The number of amides is 2. The topological polar surface area (TPSA) is 110 Å². The van der Waals surface area contributed by atoms with Crippen molar-refractivity contribution in [3.63, 3.8) is 0 Å². The van der Waals surface area contributed by atoms with Gasteiger partial charge in [0.05, 0.1) is 22.5 Å². The average molecular weight is 680 g/mol.